The van der Waals surface area contributed by atoms with E-state index < -0.39 is 0 Å². The first-order valence-corrected chi connectivity index (χ1v) is 7.65. The van der Waals surface area contributed by atoms with Crippen molar-refractivity contribution in [3.63, 3.8) is 0 Å². The molecule has 0 aromatic heterocycles. The summed E-state index contributed by atoms with van der Waals surface area (Å²) < 4.78 is 0.966. The smallest absolute Gasteiger partial charge is 0.0515 e. The molecule has 4 heteroatoms. The zero-order valence-electron chi connectivity index (χ0n) is 11.6. The van der Waals surface area contributed by atoms with E-state index in [1.54, 1.807) is 0 Å². The number of nitrogens with one attached hydrogen (secondary N) is 1. The first-order valence-electron chi connectivity index (χ1n) is 6.48. The highest BCUT2D eigenvalue weighted by Crippen LogP contribution is 2.28. The molecule has 1 atom stereocenters. The Morgan fingerprint density at radius 1 is 1.15 bits per heavy atom. The molecule has 0 aliphatic heterocycles. The molecule has 0 spiro atoms. The number of nitrogens with two attached hydrogens (primary N) is 1. The van der Waals surface area contributed by atoms with Crippen molar-refractivity contribution in [1.29, 1.82) is 0 Å². The molecule has 1 unspecified atom stereocenters. The summed E-state index contributed by atoms with van der Waals surface area (Å²) in [5.41, 5.74) is 7.71. The van der Waals surface area contributed by atoms with Gasteiger partial charge >= 0.3 is 0 Å². The minimum absolute atomic E-state index is 0.00212. The molecule has 0 aliphatic rings. The van der Waals surface area contributed by atoms with Gasteiger partial charge in [0.1, 0.15) is 0 Å². The molecule has 0 amide bonds. The fourth-order valence-electron chi connectivity index (χ4n) is 2.21. The van der Waals surface area contributed by atoms with Crippen molar-refractivity contribution < 1.29 is 0 Å². The van der Waals surface area contributed by atoms with Gasteiger partial charge in [0.05, 0.1) is 6.04 Å². The molecule has 0 heterocycles. The molecule has 106 valence electrons. The summed E-state index contributed by atoms with van der Waals surface area (Å²) >= 11 is 9.72. The van der Waals surface area contributed by atoms with Gasteiger partial charge in [-0.25, -0.2) is 0 Å². The van der Waals surface area contributed by atoms with Gasteiger partial charge < -0.3 is 0 Å². The minimum Gasteiger partial charge on any atom is -0.271 e. The van der Waals surface area contributed by atoms with Crippen molar-refractivity contribution in [2.75, 3.05) is 0 Å². The first kappa shape index (κ1) is 15.5. The van der Waals surface area contributed by atoms with Crippen molar-refractivity contribution in [3.05, 3.63) is 68.1 Å². The van der Waals surface area contributed by atoms with E-state index >= 15 is 0 Å². The summed E-state index contributed by atoms with van der Waals surface area (Å²) in [6.45, 7) is 4.24. The van der Waals surface area contributed by atoms with Crippen LogP contribution < -0.4 is 11.3 Å². The highest BCUT2D eigenvalue weighted by Gasteiger charge is 2.14. The van der Waals surface area contributed by atoms with Crippen molar-refractivity contribution >= 4 is 27.5 Å². The maximum absolute atomic E-state index is 6.30. The van der Waals surface area contributed by atoms with Crippen LogP contribution in [0.25, 0.3) is 0 Å². The van der Waals surface area contributed by atoms with Gasteiger partial charge in [-0.1, -0.05) is 51.8 Å². The lowest BCUT2D eigenvalue weighted by atomic mass is 9.97. The minimum atomic E-state index is -0.00212. The summed E-state index contributed by atoms with van der Waals surface area (Å²) in [5.74, 6) is 5.71. The lowest BCUT2D eigenvalue weighted by Gasteiger charge is -2.18. The van der Waals surface area contributed by atoms with Crippen LogP contribution in [0.3, 0.4) is 0 Å². The quantitative estimate of drug-likeness (QED) is 0.629. The SMILES string of the molecule is Cc1ccc(CC(NN)c2ccc(Br)cc2Cl)cc1C. The van der Waals surface area contributed by atoms with Gasteiger partial charge in [-0.3, -0.25) is 11.3 Å². The molecule has 2 rings (SSSR count). The number of hydrogen-bond donors (Lipinski definition) is 2. The van der Waals surface area contributed by atoms with Crippen LogP contribution >= 0.6 is 27.5 Å². The van der Waals surface area contributed by atoms with Crippen LogP contribution in [0.5, 0.6) is 0 Å². The molecule has 3 N–H and O–H groups in total. The maximum atomic E-state index is 6.30. The summed E-state index contributed by atoms with van der Waals surface area (Å²) in [7, 11) is 0. The third kappa shape index (κ3) is 3.61. The number of rotatable bonds is 4. The Morgan fingerprint density at radius 3 is 2.50 bits per heavy atom. The number of aryl methyl sites for hydroxylation is 2. The number of hydrazine groups is 1. The van der Waals surface area contributed by atoms with Gasteiger partial charge in [0.25, 0.3) is 0 Å². The van der Waals surface area contributed by atoms with Crippen LogP contribution in [0.4, 0.5) is 0 Å². The second-order valence-electron chi connectivity index (χ2n) is 5.01. The zero-order valence-corrected chi connectivity index (χ0v) is 13.9. The molecule has 0 bridgehead atoms. The van der Waals surface area contributed by atoms with Crippen LogP contribution in [-0.2, 0) is 6.42 Å². The predicted octanol–water partition coefficient (Wildman–Crippen LogP) is 4.47. The Bertz CT molecular complexity index is 613. The van der Waals surface area contributed by atoms with Gasteiger partial charge in [-0.2, -0.15) is 0 Å². The first-order chi connectivity index (χ1) is 9.51. The van der Waals surface area contributed by atoms with Gasteiger partial charge in [-0.05, 0) is 54.7 Å². The lowest BCUT2D eigenvalue weighted by Crippen LogP contribution is -2.29. The van der Waals surface area contributed by atoms with E-state index in [2.05, 4.69) is 53.4 Å². The van der Waals surface area contributed by atoms with Crippen LogP contribution in [0.2, 0.25) is 5.02 Å². The third-order valence-corrected chi connectivity index (χ3v) is 4.37. The van der Waals surface area contributed by atoms with Crippen molar-refractivity contribution in [2.45, 2.75) is 26.3 Å². The van der Waals surface area contributed by atoms with Gasteiger partial charge in [0, 0.05) is 9.50 Å². The van der Waals surface area contributed by atoms with Crippen molar-refractivity contribution in [2.24, 2.45) is 5.84 Å². The standard InChI is InChI=1S/C16H18BrClN2/c1-10-3-4-12(7-11(10)2)8-16(20-19)14-6-5-13(17)9-15(14)18/h3-7,9,16,20H,8,19H2,1-2H3. The zero-order chi connectivity index (χ0) is 14.7. The molecular weight excluding hydrogens is 336 g/mol. The fourth-order valence-corrected chi connectivity index (χ4v) is 3.01. The summed E-state index contributed by atoms with van der Waals surface area (Å²) in [6, 6.07) is 12.3. The van der Waals surface area contributed by atoms with Crippen molar-refractivity contribution in [1.82, 2.24) is 5.43 Å². The van der Waals surface area contributed by atoms with Crippen LogP contribution in [-0.4, -0.2) is 0 Å². The molecule has 0 saturated heterocycles. The van der Waals surface area contributed by atoms with E-state index in [0.29, 0.717) is 5.02 Å². The second-order valence-corrected chi connectivity index (χ2v) is 6.33. The molecule has 0 fully saturated rings. The monoisotopic (exact) mass is 352 g/mol. The van der Waals surface area contributed by atoms with Crippen LogP contribution in [0.1, 0.15) is 28.3 Å². The molecule has 20 heavy (non-hydrogen) atoms. The number of hydrogen-bond acceptors (Lipinski definition) is 2. The van der Waals surface area contributed by atoms with Gasteiger partial charge in [0.15, 0.2) is 0 Å². The Kier molecular flexibility index (Phi) is 5.22. The Hall–Kier alpha value is -0.870. The Morgan fingerprint density at radius 2 is 1.90 bits per heavy atom. The molecule has 2 nitrogen and oxygen atoms in total. The topological polar surface area (TPSA) is 38.0 Å². The average molecular weight is 354 g/mol. The highest BCUT2D eigenvalue weighted by atomic mass is 79.9. The molecule has 0 aliphatic carbocycles. The summed E-state index contributed by atoms with van der Waals surface area (Å²) in [5, 5.41) is 0.714. The average Bonchev–Trinajstić information content (AvgIpc) is 2.41. The van der Waals surface area contributed by atoms with Gasteiger partial charge in [-0.15, -0.1) is 0 Å². The van der Waals surface area contributed by atoms with Crippen LogP contribution in [0.15, 0.2) is 40.9 Å². The summed E-state index contributed by atoms with van der Waals surface area (Å²) in [6.07, 6.45) is 0.805. The number of benzene rings is 2. The van der Waals surface area contributed by atoms with Crippen LogP contribution in [0, 0.1) is 13.8 Å². The molecule has 0 radical (unpaired) electrons. The molecule has 0 saturated carbocycles. The fraction of sp³-hybridized carbons (Fsp3) is 0.250. The molecule has 2 aromatic carbocycles. The lowest BCUT2D eigenvalue weighted by molar-refractivity contribution is 0.552. The predicted molar refractivity (Wildman–Crippen MR) is 88.8 cm³/mol. The van der Waals surface area contributed by atoms with E-state index in [1.165, 1.54) is 16.7 Å². The molecular formula is C16H18BrClN2. The Balaban J connectivity index is 2.26. The van der Waals surface area contributed by atoms with E-state index in [-0.39, 0.29) is 6.04 Å². The van der Waals surface area contributed by atoms with E-state index in [9.17, 15) is 0 Å². The highest BCUT2D eigenvalue weighted by molar-refractivity contribution is 9.10. The summed E-state index contributed by atoms with van der Waals surface area (Å²) in [4.78, 5) is 0. The molecule has 2 aromatic rings. The largest absolute Gasteiger partial charge is 0.271 e. The third-order valence-electron chi connectivity index (χ3n) is 3.55. The second kappa shape index (κ2) is 6.72. The van der Waals surface area contributed by atoms with E-state index in [1.807, 2.05) is 18.2 Å². The van der Waals surface area contributed by atoms with E-state index in [4.69, 9.17) is 17.4 Å². The maximum Gasteiger partial charge on any atom is 0.0515 e. The van der Waals surface area contributed by atoms with Crippen molar-refractivity contribution in [3.8, 4) is 0 Å². The van der Waals surface area contributed by atoms with E-state index in [0.717, 1.165) is 16.5 Å². The number of halogens is 2. The normalized spacial score (nSPS) is 12.4. The Labute approximate surface area is 133 Å². The van der Waals surface area contributed by atoms with Gasteiger partial charge in [0.2, 0.25) is 0 Å².